The first kappa shape index (κ1) is 11.6. The SMILES string of the molecule is CO[Si](CC1CC1)(OC)C1CCCCC1. The fraction of sp³-hybridized carbons (Fsp3) is 1.00. The Morgan fingerprint density at radius 3 is 2.00 bits per heavy atom. The molecule has 0 atom stereocenters. The first-order chi connectivity index (χ1) is 7.30. The van der Waals surface area contributed by atoms with Crippen LogP contribution in [-0.2, 0) is 8.85 Å². The van der Waals surface area contributed by atoms with Crippen LogP contribution in [0.25, 0.3) is 0 Å². The normalized spacial score (nSPS) is 24.4. The van der Waals surface area contributed by atoms with Crippen molar-refractivity contribution in [3.05, 3.63) is 0 Å². The van der Waals surface area contributed by atoms with Crippen LogP contribution in [0, 0.1) is 5.92 Å². The maximum absolute atomic E-state index is 5.89. The molecule has 0 unspecified atom stereocenters. The predicted molar refractivity (Wildman–Crippen MR) is 64.1 cm³/mol. The second-order valence-corrected chi connectivity index (χ2v) is 8.87. The van der Waals surface area contributed by atoms with Crippen molar-refractivity contribution in [3.63, 3.8) is 0 Å². The molecule has 0 heterocycles. The number of rotatable bonds is 5. The van der Waals surface area contributed by atoms with Gasteiger partial charge in [-0.25, -0.2) is 0 Å². The summed E-state index contributed by atoms with van der Waals surface area (Å²) in [6.45, 7) is 0. The van der Waals surface area contributed by atoms with Gasteiger partial charge in [-0.3, -0.25) is 0 Å². The summed E-state index contributed by atoms with van der Waals surface area (Å²) >= 11 is 0. The molecule has 0 aromatic carbocycles. The van der Waals surface area contributed by atoms with Crippen molar-refractivity contribution in [2.45, 2.75) is 56.5 Å². The van der Waals surface area contributed by atoms with Gasteiger partial charge in [0.15, 0.2) is 0 Å². The van der Waals surface area contributed by atoms with Crippen molar-refractivity contribution >= 4 is 8.56 Å². The molecule has 3 heteroatoms. The largest absolute Gasteiger partial charge is 0.397 e. The van der Waals surface area contributed by atoms with Crippen LogP contribution in [0.15, 0.2) is 0 Å². The predicted octanol–water partition coefficient (Wildman–Crippen LogP) is 3.47. The summed E-state index contributed by atoms with van der Waals surface area (Å²) in [7, 11) is 1.92. The monoisotopic (exact) mass is 228 g/mol. The van der Waals surface area contributed by atoms with E-state index in [1.165, 1.54) is 51.0 Å². The Labute approximate surface area is 94.6 Å². The van der Waals surface area contributed by atoms with Crippen LogP contribution in [0.1, 0.15) is 44.9 Å². The fourth-order valence-electron chi connectivity index (χ4n) is 3.02. The lowest BCUT2D eigenvalue weighted by atomic mass is 10.0. The highest BCUT2D eigenvalue weighted by Gasteiger charge is 2.47. The zero-order valence-corrected chi connectivity index (χ0v) is 11.1. The Morgan fingerprint density at radius 2 is 1.53 bits per heavy atom. The van der Waals surface area contributed by atoms with Crippen molar-refractivity contribution in [3.8, 4) is 0 Å². The second-order valence-electron chi connectivity index (χ2n) is 5.20. The molecule has 0 radical (unpaired) electrons. The van der Waals surface area contributed by atoms with Gasteiger partial charge in [0.25, 0.3) is 0 Å². The minimum atomic E-state index is -1.84. The Kier molecular flexibility index (Phi) is 3.86. The maximum atomic E-state index is 5.89. The third kappa shape index (κ3) is 2.63. The van der Waals surface area contributed by atoms with E-state index < -0.39 is 8.56 Å². The average molecular weight is 228 g/mol. The second kappa shape index (κ2) is 4.98. The van der Waals surface area contributed by atoms with Gasteiger partial charge in [0.1, 0.15) is 0 Å². The van der Waals surface area contributed by atoms with Crippen LogP contribution in [0.4, 0.5) is 0 Å². The molecule has 0 bridgehead atoms. The van der Waals surface area contributed by atoms with Gasteiger partial charge in [0, 0.05) is 19.8 Å². The topological polar surface area (TPSA) is 18.5 Å². The molecule has 2 nitrogen and oxygen atoms in total. The Morgan fingerprint density at radius 1 is 0.933 bits per heavy atom. The van der Waals surface area contributed by atoms with Crippen molar-refractivity contribution in [1.29, 1.82) is 0 Å². The summed E-state index contributed by atoms with van der Waals surface area (Å²) in [5.41, 5.74) is 0.766. The molecule has 2 rings (SSSR count). The van der Waals surface area contributed by atoms with Gasteiger partial charge in [0.05, 0.1) is 0 Å². The van der Waals surface area contributed by atoms with E-state index in [-0.39, 0.29) is 0 Å². The van der Waals surface area contributed by atoms with Crippen molar-refractivity contribution in [2.24, 2.45) is 5.92 Å². The molecule has 15 heavy (non-hydrogen) atoms. The molecular formula is C12H24O2Si. The maximum Gasteiger partial charge on any atom is 0.341 e. The van der Waals surface area contributed by atoms with E-state index in [1.54, 1.807) is 0 Å². The van der Waals surface area contributed by atoms with E-state index in [0.29, 0.717) is 0 Å². The summed E-state index contributed by atoms with van der Waals surface area (Å²) in [6, 6.07) is 1.25. The van der Waals surface area contributed by atoms with Gasteiger partial charge < -0.3 is 8.85 Å². The van der Waals surface area contributed by atoms with E-state index >= 15 is 0 Å². The molecule has 0 N–H and O–H groups in total. The van der Waals surface area contributed by atoms with E-state index in [1.807, 2.05) is 14.2 Å². The summed E-state index contributed by atoms with van der Waals surface area (Å²) < 4.78 is 11.8. The van der Waals surface area contributed by atoms with Crippen molar-refractivity contribution in [1.82, 2.24) is 0 Å². The Balaban J connectivity index is 2.00. The standard InChI is InChI=1S/C12H24O2Si/c1-13-15(14-2,10-11-8-9-11)12-6-4-3-5-7-12/h11-12H,3-10H2,1-2H3. The van der Waals surface area contributed by atoms with Gasteiger partial charge in [-0.05, 0) is 24.8 Å². The van der Waals surface area contributed by atoms with E-state index in [0.717, 1.165) is 11.5 Å². The molecule has 0 amide bonds. The molecule has 2 fully saturated rings. The van der Waals surface area contributed by atoms with Gasteiger partial charge in [0.2, 0.25) is 0 Å². The molecule has 2 aliphatic carbocycles. The van der Waals surface area contributed by atoms with Crippen molar-refractivity contribution < 1.29 is 8.85 Å². The molecule has 2 saturated carbocycles. The Hall–Kier alpha value is 0.137. The summed E-state index contributed by atoms with van der Waals surface area (Å²) in [4.78, 5) is 0. The molecule has 2 aliphatic rings. The highest BCUT2D eigenvalue weighted by molar-refractivity contribution is 6.69. The van der Waals surface area contributed by atoms with Gasteiger partial charge in [-0.1, -0.05) is 32.1 Å². The van der Waals surface area contributed by atoms with Crippen LogP contribution in [0.3, 0.4) is 0 Å². The van der Waals surface area contributed by atoms with Crippen LogP contribution >= 0.6 is 0 Å². The van der Waals surface area contributed by atoms with E-state index in [4.69, 9.17) is 8.85 Å². The van der Waals surface area contributed by atoms with Gasteiger partial charge in [-0.15, -0.1) is 0 Å². The third-order valence-electron chi connectivity index (χ3n) is 4.19. The molecular weight excluding hydrogens is 204 g/mol. The van der Waals surface area contributed by atoms with E-state index in [9.17, 15) is 0 Å². The molecule has 88 valence electrons. The van der Waals surface area contributed by atoms with Crippen LogP contribution < -0.4 is 0 Å². The Bertz CT molecular complexity index is 194. The molecule has 0 aromatic heterocycles. The molecule has 0 spiro atoms. The highest BCUT2D eigenvalue weighted by Crippen LogP contribution is 2.46. The number of hydrogen-bond acceptors (Lipinski definition) is 2. The fourth-order valence-corrected chi connectivity index (χ4v) is 7.02. The van der Waals surface area contributed by atoms with Crippen LogP contribution in [0.5, 0.6) is 0 Å². The highest BCUT2D eigenvalue weighted by atomic mass is 28.4. The summed E-state index contributed by atoms with van der Waals surface area (Å²) in [5.74, 6) is 0.929. The smallest absolute Gasteiger partial charge is 0.341 e. The van der Waals surface area contributed by atoms with Gasteiger partial charge >= 0.3 is 8.56 Å². The lowest BCUT2D eigenvalue weighted by molar-refractivity contribution is 0.214. The summed E-state index contributed by atoms with van der Waals surface area (Å²) in [5, 5.41) is 0. The minimum absolute atomic E-state index is 0.766. The third-order valence-corrected chi connectivity index (χ3v) is 8.54. The zero-order chi connectivity index (χ0) is 10.7. The lowest BCUT2D eigenvalue weighted by Gasteiger charge is -2.37. The van der Waals surface area contributed by atoms with Crippen LogP contribution in [-0.4, -0.2) is 22.8 Å². The minimum Gasteiger partial charge on any atom is -0.397 e. The molecule has 0 saturated heterocycles. The van der Waals surface area contributed by atoms with Crippen molar-refractivity contribution in [2.75, 3.05) is 14.2 Å². The quantitative estimate of drug-likeness (QED) is 0.671. The molecule has 0 aliphatic heterocycles. The number of hydrogen-bond donors (Lipinski definition) is 0. The molecule has 0 aromatic rings. The first-order valence-corrected chi connectivity index (χ1v) is 8.51. The lowest BCUT2D eigenvalue weighted by Crippen LogP contribution is -2.46. The average Bonchev–Trinajstić information content (AvgIpc) is 3.11. The van der Waals surface area contributed by atoms with E-state index in [2.05, 4.69) is 0 Å². The van der Waals surface area contributed by atoms with Gasteiger partial charge in [-0.2, -0.15) is 0 Å². The first-order valence-electron chi connectivity index (χ1n) is 6.41. The summed E-state index contributed by atoms with van der Waals surface area (Å²) in [6.07, 6.45) is 9.70. The zero-order valence-electron chi connectivity index (χ0n) is 10.1. The van der Waals surface area contributed by atoms with Crippen LogP contribution in [0.2, 0.25) is 11.6 Å².